The number of hydrogen-bond donors (Lipinski definition) is 0. The molecule has 0 aliphatic carbocycles. The molecule has 1 aliphatic rings. The van der Waals surface area contributed by atoms with Crippen LogP contribution in [0.2, 0.25) is 0 Å². The zero-order valence-corrected chi connectivity index (χ0v) is 16.1. The van der Waals surface area contributed by atoms with Crippen LogP contribution in [-0.2, 0) is 6.42 Å². The van der Waals surface area contributed by atoms with Crippen molar-refractivity contribution in [1.82, 2.24) is 4.98 Å². The number of aromatic nitrogens is 1. The lowest BCUT2D eigenvalue weighted by Gasteiger charge is -2.33. The second-order valence-corrected chi connectivity index (χ2v) is 7.24. The van der Waals surface area contributed by atoms with E-state index in [4.69, 9.17) is 4.74 Å². The lowest BCUT2D eigenvalue weighted by Crippen LogP contribution is -2.34. The highest BCUT2D eigenvalue weighted by molar-refractivity contribution is 5.95. The predicted molar refractivity (Wildman–Crippen MR) is 107 cm³/mol. The van der Waals surface area contributed by atoms with Gasteiger partial charge in [0.2, 0.25) is 0 Å². The van der Waals surface area contributed by atoms with E-state index in [1.165, 1.54) is 48.7 Å². The molecule has 3 nitrogen and oxygen atoms in total. The fourth-order valence-electron chi connectivity index (χ4n) is 4.05. The maximum absolute atomic E-state index is 5.93. The van der Waals surface area contributed by atoms with E-state index in [9.17, 15) is 0 Å². The van der Waals surface area contributed by atoms with Gasteiger partial charge in [0, 0.05) is 11.9 Å². The zero-order valence-electron chi connectivity index (χ0n) is 16.1. The van der Waals surface area contributed by atoms with E-state index in [0.29, 0.717) is 0 Å². The number of rotatable bonds is 8. The van der Waals surface area contributed by atoms with Crippen LogP contribution in [0.5, 0.6) is 5.75 Å². The van der Waals surface area contributed by atoms with Crippen molar-refractivity contribution in [3.63, 3.8) is 0 Å². The van der Waals surface area contributed by atoms with Gasteiger partial charge >= 0.3 is 0 Å². The Morgan fingerprint density at radius 3 is 2.64 bits per heavy atom. The summed E-state index contributed by atoms with van der Waals surface area (Å²) in [7, 11) is 0. The molecule has 1 aromatic heterocycles. The second kappa shape index (κ2) is 8.55. The summed E-state index contributed by atoms with van der Waals surface area (Å²) in [5.41, 5.74) is 3.70. The molecule has 0 amide bonds. The van der Waals surface area contributed by atoms with Crippen molar-refractivity contribution in [3.8, 4) is 5.75 Å². The Bertz CT molecular complexity index is 686. The van der Waals surface area contributed by atoms with Crippen molar-refractivity contribution >= 4 is 16.6 Å². The van der Waals surface area contributed by atoms with Gasteiger partial charge in [-0.25, -0.2) is 0 Å². The first-order chi connectivity index (χ1) is 12.3. The van der Waals surface area contributed by atoms with Crippen molar-refractivity contribution in [2.75, 3.05) is 24.6 Å². The minimum atomic E-state index is 0.764. The molecule has 3 heteroatoms. The van der Waals surface area contributed by atoms with Gasteiger partial charge < -0.3 is 9.64 Å². The summed E-state index contributed by atoms with van der Waals surface area (Å²) < 4.78 is 5.93. The SMILES string of the molecule is CCCC(CCC)CCN1CCOc2cnc3ccc(CC)cc3c21. The van der Waals surface area contributed by atoms with Crippen LogP contribution in [0.4, 0.5) is 5.69 Å². The highest BCUT2D eigenvalue weighted by atomic mass is 16.5. The lowest BCUT2D eigenvalue weighted by molar-refractivity contribution is 0.303. The van der Waals surface area contributed by atoms with Crippen LogP contribution in [0, 0.1) is 5.92 Å². The fourth-order valence-corrected chi connectivity index (χ4v) is 4.05. The normalized spacial score (nSPS) is 14.0. The Balaban J connectivity index is 1.87. The van der Waals surface area contributed by atoms with Crippen molar-refractivity contribution < 1.29 is 4.74 Å². The Kier molecular flexibility index (Phi) is 6.17. The number of anilines is 1. The van der Waals surface area contributed by atoms with Crippen LogP contribution in [0.3, 0.4) is 0 Å². The minimum absolute atomic E-state index is 0.764. The molecule has 0 unspecified atom stereocenters. The number of hydrogen-bond acceptors (Lipinski definition) is 3. The first-order valence-electron chi connectivity index (χ1n) is 10.1. The average Bonchev–Trinajstić information content (AvgIpc) is 2.65. The maximum Gasteiger partial charge on any atom is 0.161 e. The van der Waals surface area contributed by atoms with Gasteiger partial charge in [-0.15, -0.1) is 0 Å². The first-order valence-corrected chi connectivity index (χ1v) is 10.1. The van der Waals surface area contributed by atoms with Crippen LogP contribution in [-0.4, -0.2) is 24.7 Å². The van der Waals surface area contributed by atoms with Crippen LogP contribution < -0.4 is 9.64 Å². The summed E-state index contributed by atoms with van der Waals surface area (Å²) in [4.78, 5) is 7.15. The van der Waals surface area contributed by atoms with E-state index in [0.717, 1.165) is 43.3 Å². The molecule has 0 radical (unpaired) electrons. The summed E-state index contributed by atoms with van der Waals surface area (Å²) in [6.45, 7) is 9.68. The lowest BCUT2D eigenvalue weighted by atomic mass is 9.94. The van der Waals surface area contributed by atoms with Crippen LogP contribution in [0.25, 0.3) is 10.9 Å². The van der Waals surface area contributed by atoms with Gasteiger partial charge in [-0.05, 0) is 36.5 Å². The van der Waals surface area contributed by atoms with E-state index in [1.54, 1.807) is 0 Å². The third-order valence-electron chi connectivity index (χ3n) is 5.41. The molecule has 0 N–H and O–H groups in total. The standard InChI is InChI=1S/C22H32N2O/c1-4-7-18(8-5-2)11-12-24-13-14-25-21-16-23-20-10-9-17(6-3)15-19(20)22(21)24/h9-10,15-16,18H,4-8,11-14H2,1-3H3. The molecule has 0 saturated carbocycles. The number of aryl methyl sites for hydroxylation is 1. The smallest absolute Gasteiger partial charge is 0.161 e. The molecule has 0 saturated heterocycles. The largest absolute Gasteiger partial charge is 0.488 e. The molecule has 25 heavy (non-hydrogen) atoms. The molecular formula is C22H32N2O. The molecule has 136 valence electrons. The molecule has 2 aromatic rings. The quantitative estimate of drug-likeness (QED) is 0.625. The molecule has 0 fully saturated rings. The van der Waals surface area contributed by atoms with Crippen molar-refractivity contribution in [2.24, 2.45) is 5.92 Å². The third kappa shape index (κ3) is 4.08. The number of fused-ring (bicyclic) bond motifs is 3. The number of nitrogens with zero attached hydrogens (tertiary/aromatic N) is 2. The van der Waals surface area contributed by atoms with Gasteiger partial charge in [-0.1, -0.05) is 52.5 Å². The molecule has 0 spiro atoms. The molecule has 0 atom stereocenters. The molecule has 2 heterocycles. The van der Waals surface area contributed by atoms with E-state index in [1.807, 2.05) is 6.20 Å². The topological polar surface area (TPSA) is 25.4 Å². The predicted octanol–water partition coefficient (Wildman–Crippen LogP) is 5.60. The summed E-state index contributed by atoms with van der Waals surface area (Å²) in [5, 5.41) is 1.25. The summed E-state index contributed by atoms with van der Waals surface area (Å²) in [5.74, 6) is 1.80. The molecular weight excluding hydrogens is 308 g/mol. The summed E-state index contributed by atoms with van der Waals surface area (Å²) in [6, 6.07) is 6.64. The van der Waals surface area contributed by atoms with Crippen molar-refractivity contribution in [2.45, 2.75) is 59.3 Å². The highest BCUT2D eigenvalue weighted by Crippen LogP contribution is 2.38. The Morgan fingerprint density at radius 1 is 1.12 bits per heavy atom. The van der Waals surface area contributed by atoms with E-state index >= 15 is 0 Å². The highest BCUT2D eigenvalue weighted by Gasteiger charge is 2.22. The maximum atomic E-state index is 5.93. The van der Waals surface area contributed by atoms with Gasteiger partial charge in [-0.2, -0.15) is 0 Å². The van der Waals surface area contributed by atoms with Gasteiger partial charge in [0.05, 0.1) is 23.9 Å². The van der Waals surface area contributed by atoms with Gasteiger partial charge in [0.15, 0.2) is 5.75 Å². The number of pyridine rings is 1. The van der Waals surface area contributed by atoms with Crippen molar-refractivity contribution in [3.05, 3.63) is 30.0 Å². The minimum Gasteiger partial charge on any atom is -0.488 e. The zero-order chi connectivity index (χ0) is 17.6. The van der Waals surface area contributed by atoms with E-state index in [-0.39, 0.29) is 0 Å². The molecule has 1 aliphatic heterocycles. The van der Waals surface area contributed by atoms with Gasteiger partial charge in [-0.3, -0.25) is 4.98 Å². The fraction of sp³-hybridized carbons (Fsp3) is 0.591. The molecule has 1 aromatic carbocycles. The van der Waals surface area contributed by atoms with Crippen molar-refractivity contribution in [1.29, 1.82) is 0 Å². The van der Waals surface area contributed by atoms with Crippen LogP contribution >= 0.6 is 0 Å². The number of ether oxygens (including phenoxy) is 1. The summed E-state index contributed by atoms with van der Waals surface area (Å²) >= 11 is 0. The van der Waals surface area contributed by atoms with Gasteiger partial charge in [0.25, 0.3) is 0 Å². The van der Waals surface area contributed by atoms with Crippen LogP contribution in [0.15, 0.2) is 24.4 Å². The number of benzene rings is 1. The monoisotopic (exact) mass is 340 g/mol. The van der Waals surface area contributed by atoms with Gasteiger partial charge in [0.1, 0.15) is 6.61 Å². The average molecular weight is 341 g/mol. The molecule has 3 rings (SSSR count). The van der Waals surface area contributed by atoms with Crippen LogP contribution in [0.1, 0.15) is 58.4 Å². The third-order valence-corrected chi connectivity index (χ3v) is 5.41. The molecule has 0 bridgehead atoms. The Labute approximate surface area is 152 Å². The van der Waals surface area contributed by atoms with E-state index < -0.39 is 0 Å². The van der Waals surface area contributed by atoms with E-state index in [2.05, 4.69) is 48.9 Å². The Hall–Kier alpha value is -1.77. The second-order valence-electron chi connectivity index (χ2n) is 7.24. The summed E-state index contributed by atoms with van der Waals surface area (Å²) in [6.07, 6.45) is 9.51. The Morgan fingerprint density at radius 2 is 1.92 bits per heavy atom. The first kappa shape index (κ1) is 18.0.